The molecule has 1 aliphatic rings. The molecule has 104 valence electrons. The maximum atomic E-state index is 11.2. The van der Waals surface area contributed by atoms with Crippen LogP contribution in [0.5, 0.6) is 0 Å². The van der Waals surface area contributed by atoms with Crippen molar-refractivity contribution >= 4 is 28.2 Å². The van der Waals surface area contributed by atoms with Gasteiger partial charge in [-0.15, -0.1) is 0 Å². The normalized spacial score (nSPS) is 16.5. The third kappa shape index (κ3) is 2.15. The number of piperidine rings is 1. The van der Waals surface area contributed by atoms with Gasteiger partial charge in [-0.3, -0.25) is 9.78 Å². The van der Waals surface area contributed by atoms with Crippen molar-refractivity contribution in [3.8, 4) is 0 Å². The molecule has 3 rings (SSSR count). The smallest absolute Gasteiger partial charge is 0.220 e. The Morgan fingerprint density at radius 1 is 1.25 bits per heavy atom. The first-order valence-electron chi connectivity index (χ1n) is 6.84. The Hall–Kier alpha value is -2.30. The second-order valence-electron chi connectivity index (χ2n) is 5.23. The van der Waals surface area contributed by atoms with Crippen LogP contribution in [0.1, 0.15) is 12.8 Å². The number of amides is 1. The number of nitrogen functional groups attached to an aromatic ring is 1. The maximum Gasteiger partial charge on any atom is 0.220 e. The van der Waals surface area contributed by atoms with E-state index >= 15 is 0 Å². The number of rotatable bonds is 2. The van der Waals surface area contributed by atoms with E-state index in [-0.39, 0.29) is 11.8 Å². The molecule has 1 aromatic carbocycles. The number of aromatic nitrogens is 1. The van der Waals surface area contributed by atoms with Gasteiger partial charge in [0.25, 0.3) is 0 Å². The van der Waals surface area contributed by atoms with Crippen molar-refractivity contribution in [1.82, 2.24) is 4.98 Å². The van der Waals surface area contributed by atoms with Crippen LogP contribution in [0.15, 0.2) is 30.5 Å². The van der Waals surface area contributed by atoms with Gasteiger partial charge in [0.1, 0.15) is 0 Å². The predicted molar refractivity (Wildman–Crippen MR) is 80.3 cm³/mol. The zero-order valence-electron chi connectivity index (χ0n) is 11.2. The average Bonchev–Trinajstić information content (AvgIpc) is 2.48. The lowest BCUT2D eigenvalue weighted by Gasteiger charge is -2.33. The van der Waals surface area contributed by atoms with E-state index in [1.54, 1.807) is 6.20 Å². The molecule has 1 saturated heterocycles. The van der Waals surface area contributed by atoms with E-state index in [2.05, 4.69) is 9.88 Å². The van der Waals surface area contributed by atoms with Crippen molar-refractivity contribution in [2.45, 2.75) is 12.8 Å². The number of anilines is 2. The molecule has 0 bridgehead atoms. The number of hydrogen-bond donors (Lipinski definition) is 2. The van der Waals surface area contributed by atoms with Gasteiger partial charge < -0.3 is 16.4 Å². The molecule has 2 heterocycles. The Labute approximate surface area is 117 Å². The van der Waals surface area contributed by atoms with E-state index in [9.17, 15) is 4.79 Å². The van der Waals surface area contributed by atoms with Gasteiger partial charge in [-0.2, -0.15) is 0 Å². The second kappa shape index (κ2) is 5.00. The summed E-state index contributed by atoms with van der Waals surface area (Å²) in [6, 6.07) is 7.87. The van der Waals surface area contributed by atoms with Gasteiger partial charge in [-0.05, 0) is 37.1 Å². The van der Waals surface area contributed by atoms with Crippen molar-refractivity contribution in [2.24, 2.45) is 11.7 Å². The quantitative estimate of drug-likeness (QED) is 0.810. The molecule has 0 aliphatic carbocycles. The maximum absolute atomic E-state index is 11.2. The molecule has 2 aromatic rings. The summed E-state index contributed by atoms with van der Waals surface area (Å²) in [6.07, 6.45) is 3.35. The number of carbonyl (C=O) groups excluding carboxylic acids is 1. The molecule has 0 radical (unpaired) electrons. The minimum atomic E-state index is -0.194. The minimum Gasteiger partial charge on any atom is -0.396 e. The fourth-order valence-electron chi connectivity index (χ4n) is 2.84. The van der Waals surface area contributed by atoms with Gasteiger partial charge in [-0.1, -0.05) is 0 Å². The third-order valence-electron chi connectivity index (χ3n) is 4.04. The fourth-order valence-corrected chi connectivity index (χ4v) is 2.84. The topological polar surface area (TPSA) is 85.2 Å². The standard InChI is InChI=1S/C15H18N4O/c16-14-11-2-1-7-18-12(11)3-4-13(14)19-8-5-10(6-9-19)15(17)20/h1-4,7,10H,5-6,8-9,16H2,(H2,17,20). The van der Waals surface area contributed by atoms with Crippen LogP contribution in [-0.4, -0.2) is 24.0 Å². The lowest BCUT2D eigenvalue weighted by atomic mass is 9.95. The summed E-state index contributed by atoms with van der Waals surface area (Å²) in [7, 11) is 0. The van der Waals surface area contributed by atoms with Crippen LogP contribution in [0.25, 0.3) is 10.9 Å². The lowest BCUT2D eigenvalue weighted by Crippen LogP contribution is -2.38. The number of hydrogen-bond acceptors (Lipinski definition) is 4. The zero-order valence-corrected chi connectivity index (χ0v) is 11.2. The average molecular weight is 270 g/mol. The molecular weight excluding hydrogens is 252 g/mol. The van der Waals surface area contributed by atoms with Gasteiger partial charge in [0.05, 0.1) is 16.9 Å². The molecule has 5 nitrogen and oxygen atoms in total. The molecule has 0 spiro atoms. The number of nitrogens with two attached hydrogens (primary N) is 2. The molecule has 20 heavy (non-hydrogen) atoms. The van der Waals surface area contributed by atoms with Gasteiger partial charge in [0.15, 0.2) is 0 Å². The number of primary amides is 1. The third-order valence-corrected chi connectivity index (χ3v) is 4.04. The van der Waals surface area contributed by atoms with Crippen LogP contribution >= 0.6 is 0 Å². The SMILES string of the molecule is NC(=O)C1CCN(c2ccc3ncccc3c2N)CC1. The molecule has 1 aromatic heterocycles. The molecular formula is C15H18N4O. The molecule has 1 aliphatic heterocycles. The van der Waals surface area contributed by atoms with E-state index in [0.29, 0.717) is 0 Å². The van der Waals surface area contributed by atoms with Gasteiger partial charge in [0, 0.05) is 30.6 Å². The van der Waals surface area contributed by atoms with Crippen LogP contribution in [0.2, 0.25) is 0 Å². The molecule has 4 N–H and O–H groups in total. The minimum absolute atomic E-state index is 0.00500. The first-order chi connectivity index (χ1) is 9.66. The van der Waals surface area contributed by atoms with E-state index in [1.165, 1.54) is 0 Å². The summed E-state index contributed by atoms with van der Waals surface area (Å²) in [4.78, 5) is 17.7. The Balaban J connectivity index is 1.88. The number of nitrogens with zero attached hydrogens (tertiary/aromatic N) is 2. The van der Waals surface area contributed by atoms with Gasteiger partial charge >= 0.3 is 0 Å². The van der Waals surface area contributed by atoms with Crippen LogP contribution in [0, 0.1) is 5.92 Å². The molecule has 0 atom stereocenters. The van der Waals surface area contributed by atoms with Crippen molar-refractivity contribution in [2.75, 3.05) is 23.7 Å². The summed E-state index contributed by atoms with van der Waals surface area (Å²) < 4.78 is 0. The molecule has 5 heteroatoms. The van der Waals surface area contributed by atoms with E-state index in [1.807, 2.05) is 24.3 Å². The number of benzene rings is 1. The van der Waals surface area contributed by atoms with Crippen molar-refractivity contribution < 1.29 is 4.79 Å². The predicted octanol–water partition coefficient (Wildman–Crippen LogP) is 1.52. The van der Waals surface area contributed by atoms with Gasteiger partial charge in [0.2, 0.25) is 5.91 Å². The lowest BCUT2D eigenvalue weighted by molar-refractivity contribution is -0.122. The van der Waals surface area contributed by atoms with Crippen molar-refractivity contribution in [3.63, 3.8) is 0 Å². The Bertz CT molecular complexity index is 647. The zero-order chi connectivity index (χ0) is 14.1. The summed E-state index contributed by atoms with van der Waals surface area (Å²) >= 11 is 0. The van der Waals surface area contributed by atoms with Gasteiger partial charge in [-0.25, -0.2) is 0 Å². The first-order valence-corrected chi connectivity index (χ1v) is 6.84. The summed E-state index contributed by atoms with van der Waals surface area (Å²) in [5.41, 5.74) is 14.3. The Morgan fingerprint density at radius 2 is 2.00 bits per heavy atom. The fraction of sp³-hybridized carbons (Fsp3) is 0.333. The highest BCUT2D eigenvalue weighted by Gasteiger charge is 2.24. The number of pyridine rings is 1. The summed E-state index contributed by atoms with van der Waals surface area (Å²) in [5, 5.41) is 0.974. The highest BCUT2D eigenvalue weighted by Crippen LogP contribution is 2.32. The first kappa shape index (κ1) is 12.7. The van der Waals surface area contributed by atoms with Crippen LogP contribution in [0.4, 0.5) is 11.4 Å². The van der Waals surface area contributed by atoms with E-state index < -0.39 is 0 Å². The Morgan fingerprint density at radius 3 is 2.70 bits per heavy atom. The molecule has 1 fully saturated rings. The Kier molecular flexibility index (Phi) is 3.18. The molecule has 0 unspecified atom stereocenters. The largest absolute Gasteiger partial charge is 0.396 e. The van der Waals surface area contributed by atoms with E-state index in [0.717, 1.165) is 48.2 Å². The highest BCUT2D eigenvalue weighted by atomic mass is 16.1. The van der Waals surface area contributed by atoms with Crippen molar-refractivity contribution in [3.05, 3.63) is 30.5 Å². The van der Waals surface area contributed by atoms with Crippen LogP contribution < -0.4 is 16.4 Å². The molecule has 1 amide bonds. The monoisotopic (exact) mass is 270 g/mol. The van der Waals surface area contributed by atoms with E-state index in [4.69, 9.17) is 11.5 Å². The van der Waals surface area contributed by atoms with Crippen molar-refractivity contribution in [1.29, 1.82) is 0 Å². The van der Waals surface area contributed by atoms with Crippen LogP contribution in [-0.2, 0) is 4.79 Å². The highest BCUT2D eigenvalue weighted by molar-refractivity contribution is 5.97. The molecule has 0 saturated carbocycles. The van der Waals surface area contributed by atoms with Crippen LogP contribution in [0.3, 0.4) is 0 Å². The second-order valence-corrected chi connectivity index (χ2v) is 5.23. The summed E-state index contributed by atoms with van der Waals surface area (Å²) in [6.45, 7) is 1.62. The summed E-state index contributed by atoms with van der Waals surface area (Å²) in [5.74, 6) is -0.199. The number of carbonyl (C=O) groups is 1. The number of fused-ring (bicyclic) bond motifs is 1.